The number of fused-ring (bicyclic) bond motifs is 2. The number of rotatable bonds is 1. The molecule has 116 valence electrons. The number of nitrogens with zero attached hydrogens (tertiary/aromatic N) is 1. The van der Waals surface area contributed by atoms with Crippen LogP contribution in [-0.2, 0) is 10.2 Å². The van der Waals surface area contributed by atoms with Crippen molar-refractivity contribution in [2.75, 3.05) is 25.0 Å². The van der Waals surface area contributed by atoms with E-state index >= 15 is 0 Å². The van der Waals surface area contributed by atoms with Crippen molar-refractivity contribution in [3.8, 4) is 0 Å². The Morgan fingerprint density at radius 3 is 2.57 bits per heavy atom. The molecule has 0 aromatic heterocycles. The summed E-state index contributed by atoms with van der Waals surface area (Å²) in [6.45, 7) is 8.95. The molecule has 1 amide bonds. The average Bonchev–Trinajstić information content (AvgIpc) is 2.77. The number of carbonyl (C=O) groups excluding carboxylic acids is 1. The smallest absolute Gasteiger partial charge is 0.225 e. The Bertz CT molecular complexity index is 534. The molecule has 1 saturated heterocycles. The van der Waals surface area contributed by atoms with Crippen LogP contribution >= 0.6 is 12.4 Å². The zero-order chi connectivity index (χ0) is 14.3. The van der Waals surface area contributed by atoms with E-state index < -0.39 is 0 Å². The summed E-state index contributed by atoms with van der Waals surface area (Å²) >= 11 is 0. The molecule has 21 heavy (non-hydrogen) atoms. The minimum Gasteiger partial charge on any atom is -0.384 e. The van der Waals surface area contributed by atoms with Gasteiger partial charge < -0.3 is 10.2 Å². The van der Waals surface area contributed by atoms with Crippen molar-refractivity contribution in [3.05, 3.63) is 29.3 Å². The summed E-state index contributed by atoms with van der Waals surface area (Å²) in [4.78, 5) is 14.2. The summed E-state index contributed by atoms with van der Waals surface area (Å²) in [6.07, 6.45) is 2.16. The highest BCUT2D eigenvalue weighted by Crippen LogP contribution is 2.44. The lowest BCUT2D eigenvalue weighted by molar-refractivity contribution is -0.136. The molecule has 0 aliphatic carbocycles. The fourth-order valence-electron chi connectivity index (χ4n) is 3.58. The van der Waals surface area contributed by atoms with Crippen LogP contribution < -0.4 is 5.32 Å². The summed E-state index contributed by atoms with van der Waals surface area (Å²) in [7, 11) is 0. The van der Waals surface area contributed by atoms with E-state index in [2.05, 4.69) is 30.4 Å². The summed E-state index contributed by atoms with van der Waals surface area (Å²) in [5.74, 6) is 0.413. The number of carbonyl (C=O) groups is 1. The van der Waals surface area contributed by atoms with Crippen LogP contribution in [0, 0.1) is 12.8 Å². The highest BCUT2D eigenvalue weighted by molar-refractivity contribution is 5.85. The van der Waals surface area contributed by atoms with E-state index in [1.807, 2.05) is 18.7 Å². The van der Waals surface area contributed by atoms with Crippen molar-refractivity contribution in [1.29, 1.82) is 0 Å². The van der Waals surface area contributed by atoms with Crippen LogP contribution in [-0.4, -0.2) is 30.4 Å². The van der Waals surface area contributed by atoms with Crippen molar-refractivity contribution in [3.63, 3.8) is 0 Å². The minimum absolute atomic E-state index is 0. The number of amides is 1. The first-order valence-corrected chi connectivity index (χ1v) is 7.66. The van der Waals surface area contributed by atoms with Gasteiger partial charge in [0.25, 0.3) is 0 Å². The lowest BCUT2D eigenvalue weighted by atomic mass is 9.74. The van der Waals surface area contributed by atoms with E-state index in [0.717, 1.165) is 32.5 Å². The van der Waals surface area contributed by atoms with Crippen molar-refractivity contribution in [2.24, 2.45) is 5.92 Å². The van der Waals surface area contributed by atoms with Gasteiger partial charge in [0.2, 0.25) is 5.91 Å². The molecular weight excluding hydrogens is 284 g/mol. The van der Waals surface area contributed by atoms with Crippen LogP contribution in [0.1, 0.15) is 37.8 Å². The number of hydrogen-bond acceptors (Lipinski definition) is 2. The topological polar surface area (TPSA) is 32.3 Å². The summed E-state index contributed by atoms with van der Waals surface area (Å²) < 4.78 is 0. The maximum absolute atomic E-state index is 12.1. The lowest BCUT2D eigenvalue weighted by Crippen LogP contribution is -2.47. The zero-order valence-electron chi connectivity index (χ0n) is 13.1. The number of anilines is 1. The van der Waals surface area contributed by atoms with Gasteiger partial charge in [-0.05, 0) is 31.4 Å². The van der Waals surface area contributed by atoms with Gasteiger partial charge in [0, 0.05) is 36.7 Å². The van der Waals surface area contributed by atoms with Crippen LogP contribution in [0.15, 0.2) is 18.2 Å². The van der Waals surface area contributed by atoms with Crippen LogP contribution in [0.5, 0.6) is 0 Å². The van der Waals surface area contributed by atoms with E-state index in [1.54, 1.807) is 0 Å². The SMILES string of the molecule is Cc1ccc2c(c1)C1(CCN(C(=O)C(C)C)CC1)CN2.Cl. The second kappa shape index (κ2) is 5.88. The molecule has 0 saturated carbocycles. The van der Waals surface area contributed by atoms with E-state index in [-0.39, 0.29) is 23.7 Å². The van der Waals surface area contributed by atoms with E-state index in [0.29, 0.717) is 5.91 Å². The summed E-state index contributed by atoms with van der Waals surface area (Å²) in [5.41, 5.74) is 4.33. The monoisotopic (exact) mass is 308 g/mol. The molecule has 4 heteroatoms. The molecular formula is C17H25ClN2O. The van der Waals surface area contributed by atoms with Crippen molar-refractivity contribution < 1.29 is 4.79 Å². The van der Waals surface area contributed by atoms with Crippen molar-refractivity contribution in [2.45, 2.75) is 39.0 Å². The number of nitrogens with one attached hydrogen (secondary N) is 1. The van der Waals surface area contributed by atoms with Crippen molar-refractivity contribution >= 4 is 24.0 Å². The van der Waals surface area contributed by atoms with Gasteiger partial charge >= 0.3 is 0 Å². The third kappa shape index (κ3) is 2.76. The second-order valence-electron chi connectivity index (χ2n) is 6.66. The molecule has 1 aromatic carbocycles. The van der Waals surface area contributed by atoms with Crippen molar-refractivity contribution in [1.82, 2.24) is 4.90 Å². The third-order valence-corrected chi connectivity index (χ3v) is 4.89. The average molecular weight is 309 g/mol. The molecule has 1 fully saturated rings. The third-order valence-electron chi connectivity index (χ3n) is 4.89. The zero-order valence-corrected chi connectivity index (χ0v) is 13.9. The van der Waals surface area contributed by atoms with Crippen LogP contribution in [0.2, 0.25) is 0 Å². The largest absolute Gasteiger partial charge is 0.384 e. The van der Waals surface area contributed by atoms with Crippen LogP contribution in [0.25, 0.3) is 0 Å². The molecule has 0 unspecified atom stereocenters. The number of benzene rings is 1. The molecule has 2 aliphatic heterocycles. The molecule has 2 heterocycles. The number of likely N-dealkylation sites (tertiary alicyclic amines) is 1. The number of piperidine rings is 1. The Hall–Kier alpha value is -1.22. The standard InChI is InChI=1S/C17H24N2O.ClH/c1-12(2)16(20)19-8-6-17(7-9-19)11-18-15-5-4-13(3)10-14(15)17;/h4-5,10,12,18H,6-9,11H2,1-3H3;1H. The fourth-order valence-corrected chi connectivity index (χ4v) is 3.58. The maximum Gasteiger partial charge on any atom is 0.225 e. The fraction of sp³-hybridized carbons (Fsp3) is 0.588. The first-order valence-electron chi connectivity index (χ1n) is 7.66. The number of aryl methyl sites for hydroxylation is 1. The first kappa shape index (κ1) is 16.2. The molecule has 0 bridgehead atoms. The predicted molar refractivity (Wildman–Crippen MR) is 89.2 cm³/mol. The van der Waals surface area contributed by atoms with E-state index in [1.165, 1.54) is 16.8 Å². The highest BCUT2D eigenvalue weighted by atomic mass is 35.5. The van der Waals surface area contributed by atoms with Gasteiger partial charge in [-0.15, -0.1) is 12.4 Å². The Labute approximate surface area is 133 Å². The summed E-state index contributed by atoms with van der Waals surface area (Å²) in [5, 5.41) is 3.55. The van der Waals surface area contributed by atoms with E-state index in [4.69, 9.17) is 0 Å². The van der Waals surface area contributed by atoms with Gasteiger partial charge in [-0.1, -0.05) is 31.5 Å². The molecule has 3 rings (SSSR count). The Balaban J connectivity index is 0.00000161. The van der Waals surface area contributed by atoms with Gasteiger partial charge in [-0.25, -0.2) is 0 Å². The molecule has 2 aliphatic rings. The second-order valence-corrected chi connectivity index (χ2v) is 6.66. The molecule has 3 nitrogen and oxygen atoms in total. The highest BCUT2D eigenvalue weighted by Gasteiger charge is 2.42. The molecule has 1 spiro atoms. The quantitative estimate of drug-likeness (QED) is 0.863. The molecule has 0 radical (unpaired) electrons. The predicted octanol–water partition coefficient (Wildman–Crippen LogP) is 3.36. The normalized spacial score (nSPS) is 19.1. The molecule has 1 aromatic rings. The van der Waals surface area contributed by atoms with Gasteiger partial charge in [0.15, 0.2) is 0 Å². The number of halogens is 1. The van der Waals surface area contributed by atoms with Gasteiger partial charge in [-0.2, -0.15) is 0 Å². The van der Waals surface area contributed by atoms with Crippen LogP contribution in [0.4, 0.5) is 5.69 Å². The summed E-state index contributed by atoms with van der Waals surface area (Å²) in [6, 6.07) is 6.70. The Morgan fingerprint density at radius 2 is 1.95 bits per heavy atom. The van der Waals surface area contributed by atoms with Gasteiger partial charge in [0.1, 0.15) is 0 Å². The van der Waals surface area contributed by atoms with E-state index in [9.17, 15) is 4.79 Å². The minimum atomic E-state index is 0. The Kier molecular flexibility index (Phi) is 4.52. The van der Waals surface area contributed by atoms with Gasteiger partial charge in [0.05, 0.1) is 0 Å². The first-order chi connectivity index (χ1) is 9.52. The van der Waals surface area contributed by atoms with Crippen LogP contribution in [0.3, 0.4) is 0 Å². The maximum atomic E-state index is 12.1. The lowest BCUT2D eigenvalue weighted by Gasteiger charge is -2.40. The molecule has 0 atom stereocenters. The molecule has 1 N–H and O–H groups in total. The van der Waals surface area contributed by atoms with Gasteiger partial charge in [-0.3, -0.25) is 4.79 Å². The number of hydrogen-bond donors (Lipinski definition) is 1. The Morgan fingerprint density at radius 1 is 1.29 bits per heavy atom.